The topological polar surface area (TPSA) is 26.3 Å². The van der Waals surface area contributed by atoms with Crippen LogP contribution in [0.5, 0.6) is 0 Å². The van der Waals surface area contributed by atoms with Crippen LogP contribution < -0.4 is 0 Å². The minimum atomic E-state index is 0.805. The predicted molar refractivity (Wildman–Crippen MR) is 183 cm³/mol. The van der Waals surface area contributed by atoms with Gasteiger partial charge in [0.2, 0.25) is 0 Å². The van der Waals surface area contributed by atoms with Crippen LogP contribution in [-0.2, 0) is 0 Å². The van der Waals surface area contributed by atoms with Gasteiger partial charge in [-0.2, -0.15) is 0 Å². The Kier molecular flexibility index (Phi) is 5.54. The van der Waals surface area contributed by atoms with E-state index in [1.165, 1.54) is 33.0 Å². The van der Waals surface area contributed by atoms with Gasteiger partial charge in [0, 0.05) is 16.3 Å². The summed E-state index contributed by atoms with van der Waals surface area (Å²) in [7, 11) is 0. The molecule has 2 aromatic heterocycles. The van der Waals surface area contributed by atoms with Crippen LogP contribution in [-0.4, -0.2) is 0 Å². The monoisotopic (exact) mass is 562 g/mol. The summed E-state index contributed by atoms with van der Waals surface area (Å²) in [5, 5.41) is 6.76. The number of hydrogen-bond acceptors (Lipinski definition) is 2. The summed E-state index contributed by atoms with van der Waals surface area (Å²) in [6.45, 7) is 0. The highest BCUT2D eigenvalue weighted by atomic mass is 16.4. The van der Waals surface area contributed by atoms with Crippen molar-refractivity contribution in [3.63, 3.8) is 0 Å². The molecule has 0 aliphatic carbocycles. The Labute approximate surface area is 254 Å². The average Bonchev–Trinajstić information content (AvgIpc) is 3.69. The largest absolute Gasteiger partial charge is 0.456 e. The SMILES string of the molecule is c1ccc(-c2cccc(-c3c4ccccc4c(-c4oc5ccccc5c4-c4cc5ccccc5o4)c4ccccc34)c2)cc1. The molecule has 44 heavy (non-hydrogen) atoms. The number of fused-ring (bicyclic) bond motifs is 4. The van der Waals surface area contributed by atoms with E-state index < -0.39 is 0 Å². The second-order valence-corrected chi connectivity index (χ2v) is 11.2. The van der Waals surface area contributed by atoms with Gasteiger partial charge in [0.15, 0.2) is 0 Å². The van der Waals surface area contributed by atoms with Crippen molar-refractivity contribution >= 4 is 43.5 Å². The van der Waals surface area contributed by atoms with Crippen molar-refractivity contribution in [3.05, 3.63) is 158 Å². The van der Waals surface area contributed by atoms with Gasteiger partial charge in [-0.1, -0.05) is 133 Å². The van der Waals surface area contributed by atoms with E-state index in [0.717, 1.165) is 55.4 Å². The maximum Gasteiger partial charge on any atom is 0.147 e. The van der Waals surface area contributed by atoms with Gasteiger partial charge in [-0.25, -0.2) is 0 Å². The summed E-state index contributed by atoms with van der Waals surface area (Å²) in [4.78, 5) is 0. The van der Waals surface area contributed by atoms with E-state index in [-0.39, 0.29) is 0 Å². The van der Waals surface area contributed by atoms with Crippen molar-refractivity contribution in [3.8, 4) is 44.9 Å². The third kappa shape index (κ3) is 3.82. The molecular formula is C42H26O2. The van der Waals surface area contributed by atoms with Crippen LogP contribution >= 0.6 is 0 Å². The first-order valence-electron chi connectivity index (χ1n) is 14.9. The van der Waals surface area contributed by atoms with E-state index >= 15 is 0 Å². The molecule has 0 radical (unpaired) electrons. The molecule has 206 valence electrons. The maximum atomic E-state index is 6.81. The van der Waals surface area contributed by atoms with E-state index in [1.54, 1.807) is 0 Å². The number of hydrogen-bond donors (Lipinski definition) is 0. The van der Waals surface area contributed by atoms with Crippen LogP contribution in [0.25, 0.3) is 88.4 Å². The minimum absolute atomic E-state index is 0.805. The molecule has 0 amide bonds. The molecule has 0 saturated carbocycles. The lowest BCUT2D eigenvalue weighted by Crippen LogP contribution is -1.91. The lowest BCUT2D eigenvalue weighted by Gasteiger charge is -2.17. The van der Waals surface area contributed by atoms with Gasteiger partial charge in [-0.15, -0.1) is 0 Å². The third-order valence-electron chi connectivity index (χ3n) is 8.68. The van der Waals surface area contributed by atoms with Crippen LogP contribution in [0.1, 0.15) is 0 Å². The number of rotatable bonds is 4. The van der Waals surface area contributed by atoms with Gasteiger partial charge in [0.25, 0.3) is 0 Å². The van der Waals surface area contributed by atoms with E-state index in [0.29, 0.717) is 0 Å². The van der Waals surface area contributed by atoms with E-state index in [9.17, 15) is 0 Å². The molecule has 0 saturated heterocycles. The molecule has 0 atom stereocenters. The van der Waals surface area contributed by atoms with Gasteiger partial charge < -0.3 is 8.83 Å². The Balaban J connectivity index is 1.38. The molecule has 9 aromatic rings. The molecule has 0 aliphatic rings. The average molecular weight is 563 g/mol. The van der Waals surface area contributed by atoms with Gasteiger partial charge in [0.1, 0.15) is 22.7 Å². The molecule has 0 bridgehead atoms. The number of furan rings is 2. The van der Waals surface area contributed by atoms with Crippen LogP contribution in [0.4, 0.5) is 0 Å². The van der Waals surface area contributed by atoms with Crippen molar-refractivity contribution in [2.75, 3.05) is 0 Å². The van der Waals surface area contributed by atoms with Gasteiger partial charge >= 0.3 is 0 Å². The normalized spacial score (nSPS) is 11.6. The summed E-state index contributed by atoms with van der Waals surface area (Å²) < 4.78 is 13.3. The summed E-state index contributed by atoms with van der Waals surface area (Å²) in [6, 6.07) is 55.4. The lowest BCUT2D eigenvalue weighted by molar-refractivity contribution is 0.618. The number of benzene rings is 7. The molecule has 0 spiro atoms. The highest BCUT2D eigenvalue weighted by molar-refractivity contribution is 6.23. The Bertz CT molecular complexity index is 2400. The van der Waals surface area contributed by atoms with Crippen LogP contribution in [0.3, 0.4) is 0 Å². The van der Waals surface area contributed by atoms with Crippen molar-refractivity contribution in [1.82, 2.24) is 0 Å². The summed E-state index contributed by atoms with van der Waals surface area (Å²) in [6.07, 6.45) is 0. The predicted octanol–water partition coefficient (Wildman–Crippen LogP) is 12.2. The highest BCUT2D eigenvalue weighted by Gasteiger charge is 2.25. The van der Waals surface area contributed by atoms with Gasteiger partial charge in [0.05, 0.1) is 5.56 Å². The maximum absolute atomic E-state index is 6.81. The quantitative estimate of drug-likeness (QED) is 0.199. The molecule has 2 nitrogen and oxygen atoms in total. The van der Waals surface area contributed by atoms with Crippen LogP contribution in [0.15, 0.2) is 167 Å². The first-order chi connectivity index (χ1) is 21.8. The molecule has 7 aromatic carbocycles. The fourth-order valence-electron chi connectivity index (χ4n) is 6.74. The molecule has 0 fully saturated rings. The number of para-hydroxylation sites is 2. The zero-order valence-corrected chi connectivity index (χ0v) is 23.8. The fraction of sp³-hybridized carbons (Fsp3) is 0. The Morgan fingerprint density at radius 3 is 1.57 bits per heavy atom. The summed E-state index contributed by atoms with van der Waals surface area (Å²) >= 11 is 0. The molecule has 0 N–H and O–H groups in total. The van der Waals surface area contributed by atoms with Crippen LogP contribution in [0, 0.1) is 0 Å². The minimum Gasteiger partial charge on any atom is -0.456 e. The molecule has 2 heteroatoms. The zero-order chi connectivity index (χ0) is 29.0. The Morgan fingerprint density at radius 2 is 0.864 bits per heavy atom. The highest BCUT2D eigenvalue weighted by Crippen LogP contribution is 2.49. The fourth-order valence-corrected chi connectivity index (χ4v) is 6.74. The summed E-state index contributed by atoms with van der Waals surface area (Å²) in [5.74, 6) is 1.63. The molecule has 0 unspecified atom stereocenters. The first-order valence-corrected chi connectivity index (χ1v) is 14.9. The van der Waals surface area contributed by atoms with Gasteiger partial charge in [-0.3, -0.25) is 0 Å². The molecule has 9 rings (SSSR count). The second kappa shape index (κ2) is 9.86. The van der Waals surface area contributed by atoms with E-state index in [4.69, 9.17) is 8.83 Å². The van der Waals surface area contributed by atoms with Crippen LogP contribution in [0.2, 0.25) is 0 Å². The van der Waals surface area contributed by atoms with Gasteiger partial charge in [-0.05, 0) is 68.1 Å². The van der Waals surface area contributed by atoms with Crippen molar-refractivity contribution in [1.29, 1.82) is 0 Å². The third-order valence-corrected chi connectivity index (χ3v) is 8.68. The molecule has 0 aliphatic heterocycles. The molecule has 2 heterocycles. The summed E-state index contributed by atoms with van der Waals surface area (Å²) in [5.41, 5.74) is 8.57. The van der Waals surface area contributed by atoms with E-state index in [2.05, 4.69) is 127 Å². The first kappa shape index (κ1) is 24.7. The lowest BCUT2D eigenvalue weighted by atomic mass is 9.86. The Morgan fingerprint density at radius 1 is 0.318 bits per heavy atom. The van der Waals surface area contributed by atoms with E-state index in [1.807, 2.05) is 30.3 Å². The standard InChI is InChI=1S/C42H26O2/c1-2-13-27(14-3-1)28-16-12-17-30(25-28)39-31-18-5-7-20-33(31)40(34-21-8-6-19-32(34)39)42-41(35-22-9-11-24-37(35)44-42)38-26-29-15-4-10-23-36(29)43-38/h1-26H. The molecular weight excluding hydrogens is 536 g/mol. The second-order valence-electron chi connectivity index (χ2n) is 11.2. The van der Waals surface area contributed by atoms with Crippen molar-refractivity contribution < 1.29 is 8.83 Å². The Hall–Kier alpha value is -5.86. The van der Waals surface area contributed by atoms with Crippen molar-refractivity contribution in [2.45, 2.75) is 0 Å². The smallest absolute Gasteiger partial charge is 0.147 e. The zero-order valence-electron chi connectivity index (χ0n) is 23.8. The van der Waals surface area contributed by atoms with Crippen molar-refractivity contribution in [2.24, 2.45) is 0 Å².